The van der Waals surface area contributed by atoms with E-state index >= 15 is 0 Å². The molecule has 0 fully saturated rings. The minimum atomic E-state index is -0.882. The molecular formula is C25H21ClN2O3. The summed E-state index contributed by atoms with van der Waals surface area (Å²) in [6.07, 6.45) is -0.0637. The third-order valence-corrected chi connectivity index (χ3v) is 5.24. The molecule has 4 aromatic rings. The van der Waals surface area contributed by atoms with E-state index in [4.69, 9.17) is 21.4 Å². The van der Waals surface area contributed by atoms with Gasteiger partial charge in [0, 0.05) is 10.6 Å². The Morgan fingerprint density at radius 3 is 2.42 bits per heavy atom. The van der Waals surface area contributed by atoms with E-state index in [2.05, 4.69) is 12.1 Å². The van der Waals surface area contributed by atoms with E-state index in [0.717, 1.165) is 22.4 Å². The summed E-state index contributed by atoms with van der Waals surface area (Å²) in [5.41, 5.74) is 5.20. The lowest BCUT2D eigenvalue weighted by Crippen LogP contribution is -2.04. The fourth-order valence-corrected chi connectivity index (χ4v) is 3.64. The predicted octanol–water partition coefficient (Wildman–Crippen LogP) is 5.55. The summed E-state index contributed by atoms with van der Waals surface area (Å²) in [6.45, 7) is 0.593. The van der Waals surface area contributed by atoms with Gasteiger partial charge in [-0.2, -0.15) is 5.10 Å². The number of ether oxygens (including phenoxy) is 1. The van der Waals surface area contributed by atoms with Crippen molar-refractivity contribution < 1.29 is 14.6 Å². The molecule has 0 saturated heterocycles. The first kappa shape index (κ1) is 20.7. The molecule has 6 heteroatoms. The SMILES string of the molecule is COc1ccc(CC(=O)O)cc1-c1cc(-c2ccc(Cl)cc2)n(Cc2ccccc2)n1. The number of carboxylic acids is 1. The fraction of sp³-hybridized carbons (Fsp3) is 0.120. The molecule has 4 rings (SSSR count). The minimum absolute atomic E-state index is 0.0637. The van der Waals surface area contributed by atoms with Crippen molar-refractivity contribution >= 4 is 17.6 Å². The second kappa shape index (κ2) is 9.06. The summed E-state index contributed by atoms with van der Waals surface area (Å²) in [5, 5.41) is 14.7. The van der Waals surface area contributed by atoms with Crippen LogP contribution in [0.3, 0.4) is 0 Å². The molecule has 0 unspecified atom stereocenters. The van der Waals surface area contributed by atoms with Gasteiger partial charge < -0.3 is 9.84 Å². The maximum absolute atomic E-state index is 11.2. The molecule has 0 atom stereocenters. The Balaban J connectivity index is 1.83. The van der Waals surface area contributed by atoms with Crippen molar-refractivity contribution in [3.8, 4) is 28.3 Å². The second-order valence-electron chi connectivity index (χ2n) is 7.17. The van der Waals surface area contributed by atoms with Crippen molar-refractivity contribution in [2.45, 2.75) is 13.0 Å². The fourth-order valence-electron chi connectivity index (χ4n) is 3.52. The Morgan fingerprint density at radius 2 is 1.74 bits per heavy atom. The van der Waals surface area contributed by atoms with E-state index in [1.165, 1.54) is 0 Å². The molecule has 156 valence electrons. The number of aromatic nitrogens is 2. The number of methoxy groups -OCH3 is 1. The number of hydrogen-bond acceptors (Lipinski definition) is 3. The van der Waals surface area contributed by atoms with E-state index in [0.29, 0.717) is 28.6 Å². The topological polar surface area (TPSA) is 64.3 Å². The van der Waals surface area contributed by atoms with Crippen molar-refractivity contribution in [2.75, 3.05) is 7.11 Å². The summed E-state index contributed by atoms with van der Waals surface area (Å²) in [7, 11) is 1.59. The highest BCUT2D eigenvalue weighted by Gasteiger charge is 2.16. The van der Waals surface area contributed by atoms with Crippen LogP contribution in [0.5, 0.6) is 5.75 Å². The monoisotopic (exact) mass is 432 g/mol. The van der Waals surface area contributed by atoms with Gasteiger partial charge in [0.25, 0.3) is 0 Å². The highest BCUT2D eigenvalue weighted by atomic mass is 35.5. The van der Waals surface area contributed by atoms with Gasteiger partial charge in [-0.3, -0.25) is 9.48 Å². The van der Waals surface area contributed by atoms with Crippen LogP contribution in [0.15, 0.2) is 78.9 Å². The third kappa shape index (κ3) is 4.78. The molecule has 31 heavy (non-hydrogen) atoms. The molecule has 0 radical (unpaired) electrons. The molecule has 1 N–H and O–H groups in total. The molecule has 0 amide bonds. The van der Waals surface area contributed by atoms with Gasteiger partial charge in [0.1, 0.15) is 5.75 Å². The number of carbonyl (C=O) groups is 1. The van der Waals surface area contributed by atoms with Crippen LogP contribution in [-0.4, -0.2) is 28.0 Å². The van der Waals surface area contributed by atoms with Crippen LogP contribution in [0.1, 0.15) is 11.1 Å². The molecule has 3 aromatic carbocycles. The Bertz CT molecular complexity index is 1200. The highest BCUT2D eigenvalue weighted by molar-refractivity contribution is 6.30. The number of halogens is 1. The predicted molar refractivity (Wildman–Crippen MR) is 122 cm³/mol. The summed E-state index contributed by atoms with van der Waals surface area (Å²) >= 11 is 6.08. The quantitative estimate of drug-likeness (QED) is 0.415. The van der Waals surface area contributed by atoms with E-state index in [1.807, 2.05) is 59.3 Å². The van der Waals surface area contributed by atoms with Gasteiger partial charge in [0.05, 0.1) is 31.5 Å². The van der Waals surface area contributed by atoms with Crippen LogP contribution in [0.4, 0.5) is 0 Å². The van der Waals surface area contributed by atoms with Gasteiger partial charge >= 0.3 is 5.97 Å². The molecule has 0 aliphatic carbocycles. The minimum Gasteiger partial charge on any atom is -0.496 e. The number of hydrogen-bond donors (Lipinski definition) is 1. The zero-order chi connectivity index (χ0) is 21.8. The molecule has 0 aliphatic heterocycles. The van der Waals surface area contributed by atoms with Crippen molar-refractivity contribution in [1.29, 1.82) is 0 Å². The van der Waals surface area contributed by atoms with Gasteiger partial charge in [-0.1, -0.05) is 60.1 Å². The van der Waals surface area contributed by atoms with Crippen molar-refractivity contribution in [1.82, 2.24) is 9.78 Å². The van der Waals surface area contributed by atoms with Crippen LogP contribution in [0.25, 0.3) is 22.5 Å². The molecule has 1 heterocycles. The Hall–Kier alpha value is -3.57. The van der Waals surface area contributed by atoms with Crippen molar-refractivity contribution in [3.63, 3.8) is 0 Å². The van der Waals surface area contributed by atoms with Crippen molar-refractivity contribution in [3.05, 3.63) is 95.0 Å². The largest absolute Gasteiger partial charge is 0.496 e. The smallest absolute Gasteiger partial charge is 0.307 e. The van der Waals surface area contributed by atoms with Gasteiger partial charge in [-0.15, -0.1) is 0 Å². The van der Waals surface area contributed by atoms with E-state index in [9.17, 15) is 9.90 Å². The molecule has 1 aromatic heterocycles. The maximum Gasteiger partial charge on any atom is 0.307 e. The molecule has 0 bridgehead atoms. The van der Waals surface area contributed by atoms with E-state index in [1.54, 1.807) is 19.2 Å². The summed E-state index contributed by atoms with van der Waals surface area (Å²) in [4.78, 5) is 11.2. The first-order chi connectivity index (χ1) is 15.0. The standard InChI is InChI=1S/C25H21ClN2O3/c1-31-24-12-7-18(14-25(29)30)13-21(24)22-15-23(19-8-10-20(26)11-9-19)28(27-22)16-17-5-3-2-4-6-17/h2-13,15H,14,16H2,1H3,(H,29,30). The molecular weight excluding hydrogens is 412 g/mol. The number of nitrogens with zero attached hydrogens (tertiary/aromatic N) is 2. The van der Waals surface area contributed by atoms with Crippen LogP contribution in [-0.2, 0) is 17.8 Å². The van der Waals surface area contributed by atoms with Gasteiger partial charge in [-0.25, -0.2) is 0 Å². The summed E-state index contributed by atoms with van der Waals surface area (Å²) < 4.78 is 7.48. The van der Waals surface area contributed by atoms with Crippen LogP contribution < -0.4 is 4.74 Å². The van der Waals surface area contributed by atoms with E-state index in [-0.39, 0.29) is 6.42 Å². The maximum atomic E-state index is 11.2. The normalized spacial score (nSPS) is 10.8. The molecule has 5 nitrogen and oxygen atoms in total. The molecule has 0 aliphatic rings. The lowest BCUT2D eigenvalue weighted by Gasteiger charge is -2.09. The molecule has 0 spiro atoms. The van der Waals surface area contributed by atoms with Gasteiger partial charge in [0.2, 0.25) is 0 Å². The molecule has 0 saturated carbocycles. The zero-order valence-electron chi connectivity index (χ0n) is 17.0. The average Bonchev–Trinajstić information content (AvgIpc) is 3.18. The summed E-state index contributed by atoms with van der Waals surface area (Å²) in [5.74, 6) is -0.242. The number of aliphatic carboxylic acids is 1. The zero-order valence-corrected chi connectivity index (χ0v) is 17.7. The second-order valence-corrected chi connectivity index (χ2v) is 7.61. The number of carboxylic acid groups (broad SMARTS) is 1. The lowest BCUT2D eigenvalue weighted by molar-refractivity contribution is -0.136. The Morgan fingerprint density at radius 1 is 1.00 bits per heavy atom. The highest BCUT2D eigenvalue weighted by Crippen LogP contribution is 2.34. The van der Waals surface area contributed by atoms with Crippen molar-refractivity contribution in [2.24, 2.45) is 0 Å². The average molecular weight is 433 g/mol. The Labute approximate surface area is 185 Å². The lowest BCUT2D eigenvalue weighted by atomic mass is 10.0. The first-order valence-corrected chi connectivity index (χ1v) is 10.2. The number of rotatable bonds is 7. The first-order valence-electron chi connectivity index (χ1n) is 9.80. The van der Waals surface area contributed by atoms with Crippen LogP contribution in [0.2, 0.25) is 5.02 Å². The number of benzene rings is 3. The van der Waals surface area contributed by atoms with Gasteiger partial charge in [-0.05, 0) is 47.0 Å². The van der Waals surface area contributed by atoms with Gasteiger partial charge in [0.15, 0.2) is 0 Å². The van der Waals surface area contributed by atoms with E-state index < -0.39 is 5.97 Å². The third-order valence-electron chi connectivity index (χ3n) is 4.99. The van der Waals surface area contributed by atoms with Crippen LogP contribution >= 0.6 is 11.6 Å². The Kier molecular flexibility index (Phi) is 6.05. The summed E-state index contributed by atoms with van der Waals surface area (Å²) in [6, 6.07) is 25.1. The van der Waals surface area contributed by atoms with Crippen LogP contribution in [0, 0.1) is 0 Å².